The Balaban J connectivity index is 2.23. The fourth-order valence-electron chi connectivity index (χ4n) is 2.02. The van der Waals surface area contributed by atoms with Crippen LogP contribution in [-0.4, -0.2) is 14.2 Å². The van der Waals surface area contributed by atoms with Crippen LogP contribution in [0.25, 0.3) is 0 Å². The number of anilines is 1. The predicted octanol–water partition coefficient (Wildman–Crippen LogP) is 4.42. The van der Waals surface area contributed by atoms with Gasteiger partial charge in [-0.2, -0.15) is 0 Å². The number of benzene rings is 2. The SMILES string of the molecule is COc1cc(OC)c(NCc2cc(F)ccc2C)cc1Cl. The highest BCUT2D eigenvalue weighted by atomic mass is 35.5. The molecule has 0 spiro atoms. The summed E-state index contributed by atoms with van der Waals surface area (Å²) in [5.74, 6) is 0.906. The summed E-state index contributed by atoms with van der Waals surface area (Å²) in [5.41, 5.74) is 2.62. The minimum absolute atomic E-state index is 0.253. The lowest BCUT2D eigenvalue weighted by atomic mass is 10.1. The Bertz CT molecular complexity index is 646. The maximum atomic E-state index is 13.3. The maximum absolute atomic E-state index is 13.3. The molecule has 0 aliphatic heterocycles. The molecule has 0 radical (unpaired) electrons. The van der Waals surface area contributed by atoms with Crippen molar-refractivity contribution in [1.82, 2.24) is 0 Å². The molecule has 0 fully saturated rings. The molecule has 2 aromatic carbocycles. The van der Waals surface area contributed by atoms with Gasteiger partial charge in [-0.3, -0.25) is 0 Å². The zero-order valence-corrected chi connectivity index (χ0v) is 12.9. The zero-order valence-electron chi connectivity index (χ0n) is 12.2. The summed E-state index contributed by atoms with van der Waals surface area (Å²) in [7, 11) is 3.12. The largest absolute Gasteiger partial charge is 0.495 e. The summed E-state index contributed by atoms with van der Waals surface area (Å²) < 4.78 is 23.8. The third-order valence-corrected chi connectivity index (χ3v) is 3.55. The number of methoxy groups -OCH3 is 2. The molecule has 3 nitrogen and oxygen atoms in total. The summed E-state index contributed by atoms with van der Waals surface area (Å²) in [4.78, 5) is 0. The van der Waals surface area contributed by atoms with Crippen LogP contribution < -0.4 is 14.8 Å². The van der Waals surface area contributed by atoms with E-state index < -0.39 is 0 Å². The smallest absolute Gasteiger partial charge is 0.145 e. The van der Waals surface area contributed by atoms with Crippen LogP contribution in [0.4, 0.5) is 10.1 Å². The van der Waals surface area contributed by atoms with Gasteiger partial charge in [-0.15, -0.1) is 0 Å². The Morgan fingerprint density at radius 3 is 2.48 bits per heavy atom. The lowest BCUT2D eigenvalue weighted by Gasteiger charge is -2.14. The van der Waals surface area contributed by atoms with E-state index >= 15 is 0 Å². The monoisotopic (exact) mass is 309 g/mol. The molecule has 1 N–H and O–H groups in total. The van der Waals surface area contributed by atoms with Crippen molar-refractivity contribution < 1.29 is 13.9 Å². The molecule has 0 unspecified atom stereocenters. The maximum Gasteiger partial charge on any atom is 0.145 e. The lowest BCUT2D eigenvalue weighted by Crippen LogP contribution is -2.04. The van der Waals surface area contributed by atoms with Crippen molar-refractivity contribution >= 4 is 17.3 Å². The van der Waals surface area contributed by atoms with Gasteiger partial charge in [0.05, 0.1) is 24.9 Å². The van der Waals surface area contributed by atoms with Crippen molar-refractivity contribution in [3.8, 4) is 11.5 Å². The van der Waals surface area contributed by atoms with E-state index in [0.717, 1.165) is 16.8 Å². The number of hydrogen-bond acceptors (Lipinski definition) is 3. The summed E-state index contributed by atoms with van der Waals surface area (Å²) >= 11 is 6.12. The highest BCUT2D eigenvalue weighted by Gasteiger charge is 2.10. The molecule has 0 bridgehead atoms. The van der Waals surface area contributed by atoms with Crippen molar-refractivity contribution in [1.29, 1.82) is 0 Å². The molecule has 0 heterocycles. The Morgan fingerprint density at radius 1 is 1.10 bits per heavy atom. The standard InChI is InChI=1S/C16H17ClFNO2/c1-10-4-5-12(18)6-11(10)9-19-14-7-13(17)15(20-2)8-16(14)21-3/h4-8,19H,9H2,1-3H3. The number of nitrogens with one attached hydrogen (secondary N) is 1. The molecule has 2 aromatic rings. The van der Waals surface area contributed by atoms with Crippen LogP contribution in [0, 0.1) is 12.7 Å². The van der Waals surface area contributed by atoms with E-state index in [1.165, 1.54) is 12.1 Å². The fourth-order valence-corrected chi connectivity index (χ4v) is 2.26. The average molecular weight is 310 g/mol. The minimum atomic E-state index is -0.253. The van der Waals surface area contributed by atoms with E-state index in [1.54, 1.807) is 32.4 Å². The van der Waals surface area contributed by atoms with Crippen LogP contribution in [0.15, 0.2) is 30.3 Å². The van der Waals surface area contributed by atoms with Crippen LogP contribution in [0.3, 0.4) is 0 Å². The Morgan fingerprint density at radius 2 is 1.81 bits per heavy atom. The van der Waals surface area contributed by atoms with Gasteiger partial charge in [-0.05, 0) is 36.2 Å². The summed E-state index contributed by atoms with van der Waals surface area (Å²) in [5, 5.41) is 3.69. The molecule has 0 aliphatic carbocycles. The molecule has 5 heteroatoms. The highest BCUT2D eigenvalue weighted by molar-refractivity contribution is 6.32. The van der Waals surface area contributed by atoms with Crippen LogP contribution in [-0.2, 0) is 6.54 Å². The topological polar surface area (TPSA) is 30.5 Å². The molecule has 0 atom stereocenters. The fraction of sp³-hybridized carbons (Fsp3) is 0.250. The Labute approximate surface area is 128 Å². The molecule has 21 heavy (non-hydrogen) atoms. The molecule has 0 saturated carbocycles. The van der Waals surface area contributed by atoms with Crippen LogP contribution in [0.1, 0.15) is 11.1 Å². The quantitative estimate of drug-likeness (QED) is 0.887. The first-order chi connectivity index (χ1) is 10.0. The zero-order chi connectivity index (χ0) is 15.4. The van der Waals surface area contributed by atoms with Gasteiger partial charge in [0.1, 0.15) is 17.3 Å². The molecular weight excluding hydrogens is 293 g/mol. The predicted molar refractivity (Wildman–Crippen MR) is 83.0 cm³/mol. The first-order valence-electron chi connectivity index (χ1n) is 6.45. The van der Waals surface area contributed by atoms with Crippen molar-refractivity contribution in [2.75, 3.05) is 19.5 Å². The second-order valence-electron chi connectivity index (χ2n) is 4.61. The van der Waals surface area contributed by atoms with E-state index in [9.17, 15) is 4.39 Å². The summed E-state index contributed by atoms with van der Waals surface area (Å²) in [6.07, 6.45) is 0. The van der Waals surface area contributed by atoms with Crippen LogP contribution >= 0.6 is 11.6 Å². The van der Waals surface area contributed by atoms with Crippen molar-refractivity contribution in [3.05, 3.63) is 52.3 Å². The first kappa shape index (κ1) is 15.4. The first-order valence-corrected chi connectivity index (χ1v) is 6.83. The molecule has 0 saturated heterocycles. The highest BCUT2D eigenvalue weighted by Crippen LogP contribution is 2.36. The van der Waals surface area contributed by atoms with Crippen LogP contribution in [0.5, 0.6) is 11.5 Å². The van der Waals surface area contributed by atoms with E-state index in [2.05, 4.69) is 5.32 Å². The van der Waals surface area contributed by atoms with E-state index in [4.69, 9.17) is 21.1 Å². The second kappa shape index (κ2) is 6.68. The lowest BCUT2D eigenvalue weighted by molar-refractivity contribution is 0.395. The van der Waals surface area contributed by atoms with Gasteiger partial charge in [-0.25, -0.2) is 4.39 Å². The second-order valence-corrected chi connectivity index (χ2v) is 5.02. The molecule has 2 rings (SSSR count). The Kier molecular flexibility index (Phi) is 4.91. The molecular formula is C16H17ClFNO2. The summed E-state index contributed by atoms with van der Waals surface area (Å²) in [6.45, 7) is 2.41. The van der Waals surface area contributed by atoms with Crippen molar-refractivity contribution in [2.45, 2.75) is 13.5 Å². The molecule has 0 aromatic heterocycles. The van der Waals surface area contributed by atoms with Crippen molar-refractivity contribution in [2.24, 2.45) is 0 Å². The van der Waals surface area contributed by atoms with Crippen LogP contribution in [0.2, 0.25) is 5.02 Å². The van der Waals surface area contributed by atoms with Gasteiger partial charge in [-0.1, -0.05) is 17.7 Å². The Hall–Kier alpha value is -1.94. The van der Waals surface area contributed by atoms with E-state index in [1.807, 2.05) is 6.92 Å². The van der Waals surface area contributed by atoms with E-state index in [0.29, 0.717) is 23.1 Å². The van der Waals surface area contributed by atoms with Gasteiger partial charge in [0.15, 0.2) is 0 Å². The molecule has 112 valence electrons. The number of halogens is 2. The normalized spacial score (nSPS) is 10.3. The molecule has 0 aliphatic rings. The van der Waals surface area contributed by atoms with Gasteiger partial charge < -0.3 is 14.8 Å². The van der Waals surface area contributed by atoms with Gasteiger partial charge in [0.25, 0.3) is 0 Å². The molecule has 0 amide bonds. The number of aryl methyl sites for hydroxylation is 1. The summed E-state index contributed by atoms with van der Waals surface area (Å²) in [6, 6.07) is 8.16. The van der Waals surface area contributed by atoms with Gasteiger partial charge in [0, 0.05) is 12.6 Å². The third kappa shape index (κ3) is 3.58. The number of rotatable bonds is 5. The average Bonchev–Trinajstić information content (AvgIpc) is 2.48. The van der Waals surface area contributed by atoms with Gasteiger partial charge >= 0.3 is 0 Å². The number of hydrogen-bond donors (Lipinski definition) is 1. The minimum Gasteiger partial charge on any atom is -0.495 e. The van der Waals surface area contributed by atoms with Gasteiger partial charge in [0.2, 0.25) is 0 Å². The van der Waals surface area contributed by atoms with Crippen molar-refractivity contribution in [3.63, 3.8) is 0 Å². The third-order valence-electron chi connectivity index (χ3n) is 3.25. The van der Waals surface area contributed by atoms with E-state index in [-0.39, 0.29) is 5.82 Å². The number of ether oxygens (including phenoxy) is 2.